The highest BCUT2D eigenvalue weighted by Crippen LogP contribution is 2.19. The summed E-state index contributed by atoms with van der Waals surface area (Å²) in [7, 11) is -3.73. The minimum atomic E-state index is -3.73. The number of amides is 1. The highest BCUT2D eigenvalue weighted by Gasteiger charge is 2.17. The van der Waals surface area contributed by atoms with Gasteiger partial charge in [0.25, 0.3) is 0 Å². The Morgan fingerprint density at radius 1 is 1.24 bits per heavy atom. The summed E-state index contributed by atoms with van der Waals surface area (Å²) in [6.07, 6.45) is 0. The molecule has 0 unspecified atom stereocenters. The molecule has 0 fully saturated rings. The quantitative estimate of drug-likeness (QED) is 0.832. The fourth-order valence-electron chi connectivity index (χ4n) is 2.27. The molecule has 0 aliphatic heterocycles. The van der Waals surface area contributed by atoms with Gasteiger partial charge in [-0.05, 0) is 48.9 Å². The lowest BCUT2D eigenvalue weighted by Crippen LogP contribution is -2.37. The first-order chi connectivity index (χ1) is 11.7. The van der Waals surface area contributed by atoms with E-state index in [0.29, 0.717) is 16.3 Å². The molecule has 25 heavy (non-hydrogen) atoms. The van der Waals surface area contributed by atoms with Crippen LogP contribution in [0.4, 0.5) is 10.1 Å². The SMILES string of the molecule is CC(=O)N(CCNS(=O)(=O)c1ccc(Cl)c(C)c1)c1cccc(F)c1. The van der Waals surface area contributed by atoms with E-state index in [1.807, 2.05) is 0 Å². The molecular weight excluding hydrogens is 367 g/mol. The van der Waals surface area contributed by atoms with E-state index in [0.717, 1.165) is 0 Å². The summed E-state index contributed by atoms with van der Waals surface area (Å²) < 4.78 is 40.4. The maximum atomic E-state index is 13.3. The number of nitrogens with one attached hydrogen (secondary N) is 1. The zero-order valence-corrected chi connectivity index (χ0v) is 15.4. The molecule has 8 heteroatoms. The van der Waals surface area contributed by atoms with Crippen molar-refractivity contribution in [3.8, 4) is 0 Å². The number of carbonyl (C=O) groups excluding carboxylic acids is 1. The predicted octanol–water partition coefficient (Wildman–Crippen LogP) is 3.12. The van der Waals surface area contributed by atoms with Crippen LogP contribution in [0.25, 0.3) is 0 Å². The van der Waals surface area contributed by atoms with Crippen molar-refractivity contribution in [2.75, 3.05) is 18.0 Å². The number of hydrogen-bond acceptors (Lipinski definition) is 3. The van der Waals surface area contributed by atoms with Gasteiger partial charge < -0.3 is 4.90 Å². The molecule has 1 N–H and O–H groups in total. The third-order valence-electron chi connectivity index (χ3n) is 3.57. The van der Waals surface area contributed by atoms with Gasteiger partial charge >= 0.3 is 0 Å². The first kappa shape index (κ1) is 19.4. The molecule has 134 valence electrons. The molecule has 0 saturated carbocycles. The van der Waals surface area contributed by atoms with Crippen LogP contribution in [-0.2, 0) is 14.8 Å². The number of nitrogens with zero attached hydrogens (tertiary/aromatic N) is 1. The van der Waals surface area contributed by atoms with Gasteiger partial charge in [-0.15, -0.1) is 0 Å². The van der Waals surface area contributed by atoms with Crippen LogP contribution < -0.4 is 9.62 Å². The number of halogens is 2. The second kappa shape index (κ2) is 7.95. The van der Waals surface area contributed by atoms with Crippen LogP contribution in [0.2, 0.25) is 5.02 Å². The highest BCUT2D eigenvalue weighted by molar-refractivity contribution is 7.89. The van der Waals surface area contributed by atoms with Gasteiger partial charge in [-0.25, -0.2) is 17.5 Å². The molecule has 2 aromatic carbocycles. The van der Waals surface area contributed by atoms with E-state index in [2.05, 4.69) is 4.72 Å². The number of aryl methyl sites for hydroxylation is 1. The Bertz CT molecular complexity index is 887. The summed E-state index contributed by atoms with van der Waals surface area (Å²) in [5.74, 6) is -0.784. The summed E-state index contributed by atoms with van der Waals surface area (Å²) in [4.78, 5) is 13.2. The molecule has 0 radical (unpaired) electrons. The first-order valence-electron chi connectivity index (χ1n) is 7.50. The van der Waals surface area contributed by atoms with E-state index in [-0.39, 0.29) is 23.9 Å². The van der Waals surface area contributed by atoms with E-state index >= 15 is 0 Å². The van der Waals surface area contributed by atoms with Gasteiger partial charge in [0, 0.05) is 30.7 Å². The second-order valence-corrected chi connectivity index (χ2v) is 7.63. The Morgan fingerprint density at radius 3 is 2.56 bits per heavy atom. The average molecular weight is 385 g/mol. The van der Waals surface area contributed by atoms with Gasteiger partial charge in [0.15, 0.2) is 0 Å². The molecule has 0 aliphatic carbocycles. The van der Waals surface area contributed by atoms with Crippen molar-refractivity contribution in [3.05, 3.63) is 58.9 Å². The molecule has 0 aliphatic rings. The Hall–Kier alpha value is -1.96. The van der Waals surface area contributed by atoms with Gasteiger partial charge in [-0.3, -0.25) is 4.79 Å². The van der Waals surface area contributed by atoms with Crippen LogP contribution in [0.5, 0.6) is 0 Å². The maximum Gasteiger partial charge on any atom is 0.240 e. The Morgan fingerprint density at radius 2 is 1.96 bits per heavy atom. The molecule has 2 rings (SSSR count). The Labute approximate surface area is 151 Å². The van der Waals surface area contributed by atoms with E-state index in [1.165, 1.54) is 48.2 Å². The average Bonchev–Trinajstić information content (AvgIpc) is 2.53. The third kappa shape index (κ3) is 5.01. The second-order valence-electron chi connectivity index (χ2n) is 5.46. The van der Waals surface area contributed by atoms with Crippen LogP contribution >= 0.6 is 11.6 Å². The molecule has 2 aromatic rings. The summed E-state index contributed by atoms with van der Waals surface area (Å²) in [6.45, 7) is 3.11. The molecule has 0 spiro atoms. The van der Waals surface area contributed by atoms with E-state index in [9.17, 15) is 17.6 Å². The molecule has 0 heterocycles. The van der Waals surface area contributed by atoms with Crippen molar-refractivity contribution in [2.45, 2.75) is 18.7 Å². The number of anilines is 1. The van der Waals surface area contributed by atoms with Gasteiger partial charge in [-0.1, -0.05) is 17.7 Å². The zero-order valence-electron chi connectivity index (χ0n) is 13.8. The van der Waals surface area contributed by atoms with E-state index in [1.54, 1.807) is 13.0 Å². The van der Waals surface area contributed by atoms with Crippen LogP contribution in [0, 0.1) is 12.7 Å². The standard InChI is InChI=1S/C17H18ClFN2O3S/c1-12-10-16(6-7-17(12)18)25(23,24)20-8-9-21(13(2)22)15-5-3-4-14(19)11-15/h3-7,10-11,20H,8-9H2,1-2H3. The minimum Gasteiger partial charge on any atom is -0.311 e. The first-order valence-corrected chi connectivity index (χ1v) is 9.36. The van der Waals surface area contributed by atoms with Crippen molar-refractivity contribution >= 4 is 33.2 Å². The Balaban J connectivity index is 2.08. The summed E-state index contributed by atoms with van der Waals surface area (Å²) in [6, 6.07) is 9.96. The highest BCUT2D eigenvalue weighted by atomic mass is 35.5. The van der Waals surface area contributed by atoms with Crippen LogP contribution in [0.3, 0.4) is 0 Å². The van der Waals surface area contributed by atoms with Gasteiger partial charge in [0.2, 0.25) is 15.9 Å². The van der Waals surface area contributed by atoms with E-state index < -0.39 is 15.8 Å². The molecule has 0 aromatic heterocycles. The third-order valence-corrected chi connectivity index (χ3v) is 5.45. The molecule has 5 nitrogen and oxygen atoms in total. The zero-order chi connectivity index (χ0) is 18.6. The number of rotatable bonds is 6. The van der Waals surface area contributed by atoms with Crippen molar-refractivity contribution in [3.63, 3.8) is 0 Å². The Kier molecular flexibility index (Phi) is 6.16. The summed E-state index contributed by atoms with van der Waals surface area (Å²) in [5.41, 5.74) is 1.02. The number of hydrogen-bond donors (Lipinski definition) is 1. The van der Waals surface area contributed by atoms with Crippen LogP contribution in [0.15, 0.2) is 47.4 Å². The van der Waals surface area contributed by atoms with Gasteiger partial charge in [-0.2, -0.15) is 0 Å². The lowest BCUT2D eigenvalue weighted by molar-refractivity contribution is -0.116. The summed E-state index contributed by atoms with van der Waals surface area (Å²) >= 11 is 5.90. The number of benzene rings is 2. The normalized spacial score (nSPS) is 11.4. The lowest BCUT2D eigenvalue weighted by atomic mass is 10.2. The monoisotopic (exact) mass is 384 g/mol. The fourth-order valence-corrected chi connectivity index (χ4v) is 3.50. The number of carbonyl (C=O) groups is 1. The van der Waals surface area contributed by atoms with Crippen LogP contribution in [0.1, 0.15) is 12.5 Å². The van der Waals surface area contributed by atoms with Crippen molar-refractivity contribution in [1.29, 1.82) is 0 Å². The molecule has 0 saturated heterocycles. The fraction of sp³-hybridized carbons (Fsp3) is 0.235. The molecule has 0 bridgehead atoms. The van der Waals surface area contributed by atoms with Gasteiger partial charge in [0.05, 0.1) is 4.90 Å². The molecule has 0 atom stereocenters. The van der Waals surface area contributed by atoms with Crippen molar-refractivity contribution in [1.82, 2.24) is 4.72 Å². The van der Waals surface area contributed by atoms with E-state index in [4.69, 9.17) is 11.6 Å². The maximum absolute atomic E-state index is 13.3. The van der Waals surface area contributed by atoms with Crippen molar-refractivity contribution < 1.29 is 17.6 Å². The van der Waals surface area contributed by atoms with Crippen molar-refractivity contribution in [2.24, 2.45) is 0 Å². The molecular formula is C17H18ClFN2O3S. The number of sulfonamides is 1. The lowest BCUT2D eigenvalue weighted by Gasteiger charge is -2.21. The molecule has 1 amide bonds. The minimum absolute atomic E-state index is 0.0138. The smallest absolute Gasteiger partial charge is 0.240 e. The van der Waals surface area contributed by atoms with Crippen LogP contribution in [-0.4, -0.2) is 27.4 Å². The largest absolute Gasteiger partial charge is 0.311 e. The predicted molar refractivity (Wildman–Crippen MR) is 95.8 cm³/mol. The summed E-state index contributed by atoms with van der Waals surface area (Å²) in [5, 5.41) is 0.479. The topological polar surface area (TPSA) is 66.5 Å². The van der Waals surface area contributed by atoms with Gasteiger partial charge in [0.1, 0.15) is 5.82 Å².